The number of benzene rings is 1. The number of hydrogen-bond acceptors (Lipinski definition) is 3. The number of aryl methyl sites for hydroxylation is 1. The maximum absolute atomic E-state index is 12.2. The van der Waals surface area contributed by atoms with E-state index in [1.807, 2.05) is 45.0 Å². The lowest BCUT2D eigenvalue weighted by molar-refractivity contribution is -0.123. The first kappa shape index (κ1) is 14.0. The van der Waals surface area contributed by atoms with Crippen molar-refractivity contribution in [3.63, 3.8) is 0 Å². The zero-order chi connectivity index (χ0) is 13.8. The summed E-state index contributed by atoms with van der Waals surface area (Å²) in [5.41, 5.74) is 2.00. The Bertz CT molecular complexity index is 448. The fourth-order valence-corrected chi connectivity index (χ4v) is 2.33. The second kappa shape index (κ2) is 6.17. The van der Waals surface area contributed by atoms with Crippen LogP contribution in [0.2, 0.25) is 0 Å². The molecule has 1 aliphatic rings. The number of morpholine rings is 1. The summed E-state index contributed by atoms with van der Waals surface area (Å²) in [4.78, 5) is 14.4. The summed E-state index contributed by atoms with van der Waals surface area (Å²) in [5.74, 6) is 0.0414. The highest BCUT2D eigenvalue weighted by Gasteiger charge is 2.25. The molecule has 4 nitrogen and oxygen atoms in total. The Morgan fingerprint density at radius 3 is 3.00 bits per heavy atom. The highest BCUT2D eigenvalue weighted by Crippen LogP contribution is 2.13. The summed E-state index contributed by atoms with van der Waals surface area (Å²) in [7, 11) is 0. The van der Waals surface area contributed by atoms with Gasteiger partial charge in [-0.05, 0) is 38.5 Å². The van der Waals surface area contributed by atoms with Crippen LogP contribution < -0.4 is 5.32 Å². The minimum Gasteiger partial charge on any atom is -0.376 e. The smallest absolute Gasteiger partial charge is 0.241 e. The number of anilines is 1. The third-order valence-corrected chi connectivity index (χ3v) is 3.49. The van der Waals surface area contributed by atoms with Gasteiger partial charge in [0.15, 0.2) is 0 Å². The Labute approximate surface area is 114 Å². The van der Waals surface area contributed by atoms with Gasteiger partial charge in [0, 0.05) is 18.8 Å². The van der Waals surface area contributed by atoms with Crippen LogP contribution in [0.1, 0.15) is 19.4 Å². The molecule has 1 aliphatic heterocycles. The van der Waals surface area contributed by atoms with Crippen LogP contribution in [0.4, 0.5) is 5.69 Å². The highest BCUT2D eigenvalue weighted by molar-refractivity contribution is 5.94. The van der Waals surface area contributed by atoms with Crippen LogP contribution in [-0.4, -0.2) is 42.6 Å². The van der Waals surface area contributed by atoms with Crippen molar-refractivity contribution in [2.75, 3.05) is 25.0 Å². The minimum absolute atomic E-state index is 0.0414. The average Bonchev–Trinajstić information content (AvgIpc) is 2.38. The van der Waals surface area contributed by atoms with Crippen LogP contribution in [0.15, 0.2) is 24.3 Å². The van der Waals surface area contributed by atoms with Gasteiger partial charge in [-0.1, -0.05) is 12.1 Å². The molecule has 1 heterocycles. The van der Waals surface area contributed by atoms with E-state index in [1.54, 1.807) is 0 Å². The van der Waals surface area contributed by atoms with E-state index in [4.69, 9.17) is 4.74 Å². The predicted molar refractivity (Wildman–Crippen MR) is 76.3 cm³/mol. The summed E-state index contributed by atoms with van der Waals surface area (Å²) in [6.07, 6.45) is 0.197. The third-order valence-electron chi connectivity index (χ3n) is 3.49. The van der Waals surface area contributed by atoms with Crippen LogP contribution in [0, 0.1) is 6.92 Å². The molecule has 104 valence electrons. The molecule has 0 bridgehead atoms. The van der Waals surface area contributed by atoms with Crippen molar-refractivity contribution in [3.05, 3.63) is 29.8 Å². The van der Waals surface area contributed by atoms with Crippen molar-refractivity contribution >= 4 is 11.6 Å². The average molecular weight is 262 g/mol. The second-order valence-electron chi connectivity index (χ2n) is 5.21. The summed E-state index contributed by atoms with van der Waals surface area (Å²) in [6, 6.07) is 7.73. The van der Waals surface area contributed by atoms with Crippen molar-refractivity contribution in [1.82, 2.24) is 4.90 Å². The van der Waals surface area contributed by atoms with Crippen LogP contribution >= 0.6 is 0 Å². The van der Waals surface area contributed by atoms with Crippen LogP contribution in [0.25, 0.3) is 0 Å². The Morgan fingerprint density at radius 2 is 2.32 bits per heavy atom. The Kier molecular flexibility index (Phi) is 4.56. The van der Waals surface area contributed by atoms with E-state index in [9.17, 15) is 4.79 Å². The lowest BCUT2D eigenvalue weighted by Crippen LogP contribution is -2.50. The maximum atomic E-state index is 12.2. The first-order chi connectivity index (χ1) is 9.06. The van der Waals surface area contributed by atoms with Crippen molar-refractivity contribution in [2.24, 2.45) is 0 Å². The fraction of sp³-hybridized carbons (Fsp3) is 0.533. The summed E-state index contributed by atoms with van der Waals surface area (Å²) >= 11 is 0. The first-order valence-corrected chi connectivity index (χ1v) is 6.79. The quantitative estimate of drug-likeness (QED) is 0.906. The molecule has 2 rings (SSSR count). The molecule has 0 saturated carbocycles. The molecule has 0 radical (unpaired) electrons. The molecule has 0 aliphatic carbocycles. The van der Waals surface area contributed by atoms with Gasteiger partial charge in [-0.3, -0.25) is 9.69 Å². The molecular weight excluding hydrogens is 240 g/mol. The number of rotatable bonds is 3. The topological polar surface area (TPSA) is 41.6 Å². The van der Waals surface area contributed by atoms with Crippen molar-refractivity contribution in [3.8, 4) is 0 Å². The van der Waals surface area contributed by atoms with Gasteiger partial charge in [-0.15, -0.1) is 0 Å². The van der Waals surface area contributed by atoms with E-state index >= 15 is 0 Å². The van der Waals surface area contributed by atoms with Crippen LogP contribution in [0.3, 0.4) is 0 Å². The number of nitrogens with one attached hydrogen (secondary N) is 1. The Balaban J connectivity index is 1.95. The molecule has 2 unspecified atom stereocenters. The molecule has 1 aromatic rings. The van der Waals surface area contributed by atoms with E-state index in [-0.39, 0.29) is 18.1 Å². The molecular formula is C15H22N2O2. The minimum atomic E-state index is -0.133. The normalized spacial score (nSPS) is 21.9. The summed E-state index contributed by atoms with van der Waals surface area (Å²) in [5, 5.41) is 2.97. The van der Waals surface area contributed by atoms with Gasteiger partial charge in [-0.25, -0.2) is 0 Å². The molecule has 1 fully saturated rings. The number of nitrogens with zero attached hydrogens (tertiary/aromatic N) is 1. The number of ether oxygens (including phenoxy) is 1. The van der Waals surface area contributed by atoms with Crippen molar-refractivity contribution < 1.29 is 9.53 Å². The second-order valence-corrected chi connectivity index (χ2v) is 5.21. The van der Waals surface area contributed by atoms with Gasteiger partial charge in [0.05, 0.1) is 18.8 Å². The van der Waals surface area contributed by atoms with Crippen molar-refractivity contribution in [2.45, 2.75) is 32.9 Å². The first-order valence-electron chi connectivity index (χ1n) is 6.79. The van der Waals surface area contributed by atoms with Crippen LogP contribution in [-0.2, 0) is 9.53 Å². The van der Waals surface area contributed by atoms with Gasteiger partial charge >= 0.3 is 0 Å². The van der Waals surface area contributed by atoms with E-state index in [1.165, 1.54) is 0 Å². The SMILES string of the molecule is Cc1cccc(NC(=O)C(C)N2CCOC(C)C2)c1. The van der Waals surface area contributed by atoms with E-state index in [2.05, 4.69) is 10.2 Å². The van der Waals surface area contributed by atoms with Crippen LogP contribution in [0.5, 0.6) is 0 Å². The summed E-state index contributed by atoms with van der Waals surface area (Å²) < 4.78 is 5.50. The zero-order valence-corrected chi connectivity index (χ0v) is 11.8. The molecule has 1 amide bonds. The monoisotopic (exact) mass is 262 g/mol. The lowest BCUT2D eigenvalue weighted by atomic mass is 10.2. The molecule has 4 heteroatoms. The maximum Gasteiger partial charge on any atom is 0.241 e. The summed E-state index contributed by atoms with van der Waals surface area (Å²) in [6.45, 7) is 8.32. The molecule has 0 spiro atoms. The van der Waals surface area contributed by atoms with Gasteiger partial charge in [0.2, 0.25) is 5.91 Å². The molecule has 19 heavy (non-hydrogen) atoms. The fourth-order valence-electron chi connectivity index (χ4n) is 2.33. The lowest BCUT2D eigenvalue weighted by Gasteiger charge is -2.34. The van der Waals surface area contributed by atoms with Gasteiger partial charge in [-0.2, -0.15) is 0 Å². The number of hydrogen-bond donors (Lipinski definition) is 1. The number of carbonyl (C=O) groups excluding carboxylic acids is 1. The molecule has 2 atom stereocenters. The largest absolute Gasteiger partial charge is 0.376 e. The van der Waals surface area contributed by atoms with Gasteiger partial charge < -0.3 is 10.1 Å². The Morgan fingerprint density at radius 1 is 1.53 bits per heavy atom. The van der Waals surface area contributed by atoms with E-state index in [0.29, 0.717) is 6.61 Å². The zero-order valence-electron chi connectivity index (χ0n) is 11.8. The third kappa shape index (κ3) is 3.78. The predicted octanol–water partition coefficient (Wildman–Crippen LogP) is 2.04. The molecule has 1 N–H and O–H groups in total. The van der Waals surface area contributed by atoms with Gasteiger partial charge in [0.25, 0.3) is 0 Å². The standard InChI is InChI=1S/C15H22N2O2/c1-11-5-4-6-14(9-11)16-15(18)13(3)17-7-8-19-12(2)10-17/h4-6,9,12-13H,7-8,10H2,1-3H3,(H,16,18). The van der Waals surface area contributed by atoms with E-state index < -0.39 is 0 Å². The van der Waals surface area contributed by atoms with Gasteiger partial charge in [0.1, 0.15) is 0 Å². The molecule has 1 saturated heterocycles. The Hall–Kier alpha value is -1.39. The number of amides is 1. The highest BCUT2D eigenvalue weighted by atomic mass is 16.5. The molecule has 0 aromatic heterocycles. The van der Waals surface area contributed by atoms with E-state index in [0.717, 1.165) is 24.3 Å². The molecule has 1 aromatic carbocycles. The van der Waals surface area contributed by atoms with Crippen molar-refractivity contribution in [1.29, 1.82) is 0 Å². The number of carbonyl (C=O) groups is 1.